The SMILES string of the molecule is CCCn1nncc1C(N)c1cc(Cl)ccc1Br. The predicted molar refractivity (Wildman–Crippen MR) is 75.5 cm³/mol. The molecule has 0 bridgehead atoms. The van der Waals surface area contributed by atoms with Gasteiger partial charge >= 0.3 is 0 Å². The highest BCUT2D eigenvalue weighted by Crippen LogP contribution is 2.29. The van der Waals surface area contributed by atoms with Crippen LogP contribution in [0.4, 0.5) is 0 Å². The summed E-state index contributed by atoms with van der Waals surface area (Å²) in [4.78, 5) is 0. The smallest absolute Gasteiger partial charge is 0.0800 e. The molecule has 2 rings (SSSR count). The summed E-state index contributed by atoms with van der Waals surface area (Å²) in [7, 11) is 0. The molecule has 96 valence electrons. The molecule has 0 aliphatic rings. The highest BCUT2D eigenvalue weighted by molar-refractivity contribution is 9.10. The molecule has 0 radical (unpaired) electrons. The number of nitrogens with zero attached hydrogens (tertiary/aromatic N) is 3. The van der Waals surface area contributed by atoms with Crippen LogP contribution in [0.25, 0.3) is 0 Å². The largest absolute Gasteiger partial charge is 0.319 e. The topological polar surface area (TPSA) is 56.7 Å². The van der Waals surface area contributed by atoms with Crippen molar-refractivity contribution < 1.29 is 0 Å². The first kappa shape index (κ1) is 13.5. The summed E-state index contributed by atoms with van der Waals surface area (Å²) >= 11 is 9.50. The van der Waals surface area contributed by atoms with Crippen LogP contribution < -0.4 is 5.73 Å². The lowest BCUT2D eigenvalue weighted by atomic mass is 10.1. The van der Waals surface area contributed by atoms with Crippen molar-refractivity contribution in [3.8, 4) is 0 Å². The molecule has 4 nitrogen and oxygen atoms in total. The molecule has 1 atom stereocenters. The quantitative estimate of drug-likeness (QED) is 0.937. The molecule has 0 saturated heterocycles. The van der Waals surface area contributed by atoms with Gasteiger partial charge in [0.15, 0.2) is 0 Å². The highest BCUT2D eigenvalue weighted by atomic mass is 79.9. The van der Waals surface area contributed by atoms with Gasteiger partial charge < -0.3 is 5.73 Å². The van der Waals surface area contributed by atoms with Crippen molar-refractivity contribution >= 4 is 27.5 Å². The Hall–Kier alpha value is -0.910. The molecule has 1 heterocycles. The third-order valence-electron chi connectivity index (χ3n) is 2.69. The van der Waals surface area contributed by atoms with Crippen molar-refractivity contribution in [2.24, 2.45) is 5.73 Å². The minimum atomic E-state index is -0.292. The fraction of sp³-hybridized carbons (Fsp3) is 0.333. The van der Waals surface area contributed by atoms with E-state index in [0.29, 0.717) is 5.02 Å². The lowest BCUT2D eigenvalue weighted by Crippen LogP contribution is -2.18. The normalized spacial score (nSPS) is 12.7. The Balaban J connectivity index is 2.38. The minimum absolute atomic E-state index is 0.292. The van der Waals surface area contributed by atoms with Crippen molar-refractivity contribution in [3.63, 3.8) is 0 Å². The van der Waals surface area contributed by atoms with E-state index < -0.39 is 0 Å². The molecule has 2 N–H and O–H groups in total. The molecule has 6 heteroatoms. The third kappa shape index (κ3) is 2.74. The van der Waals surface area contributed by atoms with Crippen molar-refractivity contribution in [2.75, 3.05) is 0 Å². The van der Waals surface area contributed by atoms with Crippen LogP contribution in [0.2, 0.25) is 5.02 Å². The molecule has 0 fully saturated rings. The average molecular weight is 330 g/mol. The summed E-state index contributed by atoms with van der Waals surface area (Å²) in [6.45, 7) is 2.90. The molecular formula is C12H14BrClN4. The van der Waals surface area contributed by atoms with E-state index >= 15 is 0 Å². The van der Waals surface area contributed by atoms with Crippen LogP contribution in [0, 0.1) is 0 Å². The van der Waals surface area contributed by atoms with Gasteiger partial charge in [0.2, 0.25) is 0 Å². The van der Waals surface area contributed by atoms with Gasteiger partial charge in [0, 0.05) is 16.0 Å². The first-order valence-corrected chi connectivity index (χ1v) is 6.89. The van der Waals surface area contributed by atoms with Gasteiger partial charge in [-0.1, -0.05) is 39.7 Å². The zero-order valence-corrected chi connectivity index (χ0v) is 12.3. The second-order valence-electron chi connectivity index (χ2n) is 4.03. The lowest BCUT2D eigenvalue weighted by Gasteiger charge is -2.15. The van der Waals surface area contributed by atoms with Crippen molar-refractivity contribution in [2.45, 2.75) is 25.9 Å². The van der Waals surface area contributed by atoms with Crippen LogP contribution in [0.5, 0.6) is 0 Å². The fourth-order valence-corrected chi connectivity index (χ4v) is 2.48. The zero-order chi connectivity index (χ0) is 13.1. The van der Waals surface area contributed by atoms with Crippen LogP contribution in [0.15, 0.2) is 28.9 Å². The van der Waals surface area contributed by atoms with Gasteiger partial charge in [-0.15, -0.1) is 5.10 Å². The number of aryl methyl sites for hydroxylation is 1. The number of halogens is 2. The Kier molecular flexibility index (Phi) is 4.37. The van der Waals surface area contributed by atoms with Gasteiger partial charge in [-0.2, -0.15) is 0 Å². The minimum Gasteiger partial charge on any atom is -0.319 e. The molecule has 18 heavy (non-hydrogen) atoms. The summed E-state index contributed by atoms with van der Waals surface area (Å²) in [5.41, 5.74) is 8.09. The Morgan fingerprint density at radius 2 is 2.28 bits per heavy atom. The van der Waals surface area contributed by atoms with E-state index in [1.165, 1.54) is 0 Å². The zero-order valence-electron chi connectivity index (χ0n) is 9.98. The van der Waals surface area contributed by atoms with E-state index in [1.54, 1.807) is 6.20 Å². The molecule has 2 aromatic rings. The van der Waals surface area contributed by atoms with Gasteiger partial charge in [0.05, 0.1) is 17.9 Å². The van der Waals surface area contributed by atoms with E-state index in [0.717, 1.165) is 28.7 Å². The van der Waals surface area contributed by atoms with Gasteiger partial charge in [-0.25, -0.2) is 4.68 Å². The van der Waals surface area contributed by atoms with Crippen molar-refractivity contribution in [1.82, 2.24) is 15.0 Å². The van der Waals surface area contributed by atoms with Crippen molar-refractivity contribution in [3.05, 3.63) is 45.1 Å². The molecule has 0 aliphatic carbocycles. The first-order valence-electron chi connectivity index (χ1n) is 5.72. The van der Waals surface area contributed by atoms with Crippen LogP contribution in [0.1, 0.15) is 30.6 Å². The maximum absolute atomic E-state index is 6.27. The third-order valence-corrected chi connectivity index (χ3v) is 3.65. The number of benzene rings is 1. The molecular weight excluding hydrogens is 316 g/mol. The first-order chi connectivity index (χ1) is 8.63. The second kappa shape index (κ2) is 5.82. The molecule has 0 aliphatic heterocycles. The summed E-state index contributed by atoms with van der Waals surface area (Å²) in [6, 6.07) is 5.29. The summed E-state index contributed by atoms with van der Waals surface area (Å²) in [5, 5.41) is 8.63. The van der Waals surface area contributed by atoms with E-state index in [1.807, 2.05) is 22.9 Å². The van der Waals surface area contributed by atoms with Crippen LogP contribution in [-0.4, -0.2) is 15.0 Å². The van der Waals surface area contributed by atoms with E-state index in [-0.39, 0.29) is 6.04 Å². The molecule has 1 aromatic carbocycles. The summed E-state index contributed by atoms with van der Waals surface area (Å²) in [6.07, 6.45) is 2.69. The predicted octanol–water partition coefficient (Wildman–Crippen LogP) is 3.15. The Bertz CT molecular complexity index is 541. The molecule has 0 amide bonds. The Labute approximate surface area is 119 Å². The number of hydrogen-bond donors (Lipinski definition) is 1. The van der Waals surface area contributed by atoms with E-state index in [9.17, 15) is 0 Å². The molecule has 0 spiro atoms. The number of rotatable bonds is 4. The van der Waals surface area contributed by atoms with Crippen LogP contribution in [-0.2, 0) is 6.54 Å². The monoisotopic (exact) mass is 328 g/mol. The highest BCUT2D eigenvalue weighted by Gasteiger charge is 2.17. The van der Waals surface area contributed by atoms with Gasteiger partial charge in [-0.3, -0.25) is 0 Å². The van der Waals surface area contributed by atoms with E-state index in [2.05, 4.69) is 33.2 Å². The van der Waals surface area contributed by atoms with Crippen LogP contribution in [0.3, 0.4) is 0 Å². The maximum Gasteiger partial charge on any atom is 0.0800 e. The fourth-order valence-electron chi connectivity index (χ4n) is 1.80. The Morgan fingerprint density at radius 1 is 1.50 bits per heavy atom. The number of hydrogen-bond acceptors (Lipinski definition) is 3. The number of aromatic nitrogens is 3. The molecule has 1 aromatic heterocycles. The standard InChI is InChI=1S/C12H14BrClN4/c1-2-5-18-11(7-16-17-18)12(15)9-6-8(14)3-4-10(9)13/h3-4,6-7,12H,2,5,15H2,1H3. The number of nitrogens with two attached hydrogens (primary N) is 1. The van der Waals surface area contributed by atoms with E-state index in [4.69, 9.17) is 17.3 Å². The molecule has 0 saturated carbocycles. The van der Waals surface area contributed by atoms with Gasteiger partial charge in [-0.05, 0) is 30.2 Å². The lowest BCUT2D eigenvalue weighted by molar-refractivity contribution is 0.543. The molecule has 1 unspecified atom stereocenters. The van der Waals surface area contributed by atoms with Gasteiger partial charge in [0.25, 0.3) is 0 Å². The second-order valence-corrected chi connectivity index (χ2v) is 5.32. The summed E-state index contributed by atoms with van der Waals surface area (Å²) < 4.78 is 2.77. The van der Waals surface area contributed by atoms with Crippen LogP contribution >= 0.6 is 27.5 Å². The summed E-state index contributed by atoms with van der Waals surface area (Å²) in [5.74, 6) is 0. The Morgan fingerprint density at radius 3 is 3.00 bits per heavy atom. The van der Waals surface area contributed by atoms with Gasteiger partial charge in [0.1, 0.15) is 0 Å². The average Bonchev–Trinajstić information content (AvgIpc) is 2.80. The van der Waals surface area contributed by atoms with Crippen molar-refractivity contribution in [1.29, 1.82) is 0 Å². The maximum atomic E-state index is 6.27.